The van der Waals surface area contributed by atoms with Gasteiger partial charge in [0.2, 0.25) is 0 Å². The molecule has 4 N–H and O–H groups in total. The lowest BCUT2D eigenvalue weighted by Crippen LogP contribution is -2.32. The van der Waals surface area contributed by atoms with Crippen LogP contribution in [0.3, 0.4) is 0 Å². The monoisotopic (exact) mass is 401 g/mol. The third-order valence-corrected chi connectivity index (χ3v) is 3.19. The van der Waals surface area contributed by atoms with Gasteiger partial charge in [0.15, 0.2) is 5.96 Å². The van der Waals surface area contributed by atoms with Gasteiger partial charge in [0, 0.05) is 6.54 Å². The summed E-state index contributed by atoms with van der Waals surface area (Å²) < 4.78 is 0. The fraction of sp³-hybridized carbons (Fsp3) is 0.467. The number of aryl methyl sites for hydroxylation is 1. The molecule has 2 aromatic rings. The lowest BCUT2D eigenvalue weighted by atomic mass is 10.1. The van der Waals surface area contributed by atoms with Crippen molar-refractivity contribution in [3.8, 4) is 0 Å². The molecule has 0 fully saturated rings. The van der Waals surface area contributed by atoms with Gasteiger partial charge in [0.05, 0.1) is 11.0 Å². The predicted octanol–water partition coefficient (Wildman–Crippen LogP) is 2.94. The molecular formula is C15H24IN5. The number of benzene rings is 1. The number of aromatic nitrogens is 2. The first kappa shape index (κ1) is 17.7. The molecule has 0 amide bonds. The van der Waals surface area contributed by atoms with Crippen LogP contribution in [-0.4, -0.2) is 22.5 Å². The fourth-order valence-corrected chi connectivity index (χ4v) is 2.01. The molecule has 0 aliphatic carbocycles. The van der Waals surface area contributed by atoms with E-state index in [-0.39, 0.29) is 24.0 Å². The third-order valence-electron chi connectivity index (χ3n) is 3.19. The van der Waals surface area contributed by atoms with E-state index in [1.807, 2.05) is 12.1 Å². The van der Waals surface area contributed by atoms with Gasteiger partial charge in [-0.2, -0.15) is 0 Å². The molecular weight excluding hydrogens is 377 g/mol. The number of guanidine groups is 1. The van der Waals surface area contributed by atoms with Crippen molar-refractivity contribution in [1.29, 1.82) is 0 Å². The maximum atomic E-state index is 5.83. The van der Waals surface area contributed by atoms with Crippen LogP contribution in [0.4, 0.5) is 0 Å². The Balaban J connectivity index is 0.00000220. The van der Waals surface area contributed by atoms with E-state index in [4.69, 9.17) is 5.73 Å². The molecule has 0 radical (unpaired) electrons. The summed E-state index contributed by atoms with van der Waals surface area (Å²) in [5.74, 6) is 1.97. The molecule has 5 nitrogen and oxygen atoms in total. The summed E-state index contributed by atoms with van der Waals surface area (Å²) in [7, 11) is 0. The molecule has 0 atom stereocenters. The van der Waals surface area contributed by atoms with Crippen molar-refractivity contribution in [2.45, 2.75) is 33.7 Å². The van der Waals surface area contributed by atoms with Crippen LogP contribution in [0.2, 0.25) is 0 Å². The van der Waals surface area contributed by atoms with Crippen LogP contribution in [0, 0.1) is 12.8 Å². The lowest BCUT2D eigenvalue weighted by molar-refractivity contribution is 0.576. The van der Waals surface area contributed by atoms with Crippen molar-refractivity contribution in [2.75, 3.05) is 6.54 Å². The van der Waals surface area contributed by atoms with Gasteiger partial charge in [-0.3, -0.25) is 0 Å². The molecule has 6 heteroatoms. The summed E-state index contributed by atoms with van der Waals surface area (Å²) in [4.78, 5) is 12.1. The van der Waals surface area contributed by atoms with Crippen LogP contribution in [0.1, 0.15) is 31.7 Å². The van der Waals surface area contributed by atoms with Crippen LogP contribution < -0.4 is 11.1 Å². The second-order valence-corrected chi connectivity index (χ2v) is 5.47. The normalized spacial score (nSPS) is 11.7. The maximum Gasteiger partial charge on any atom is 0.189 e. The second kappa shape index (κ2) is 8.21. The van der Waals surface area contributed by atoms with Crippen molar-refractivity contribution in [3.63, 3.8) is 0 Å². The first-order valence-electron chi connectivity index (χ1n) is 7.04. The Morgan fingerprint density at radius 2 is 2.19 bits per heavy atom. The minimum Gasteiger partial charge on any atom is -0.370 e. The van der Waals surface area contributed by atoms with E-state index in [0.29, 0.717) is 18.4 Å². The number of para-hydroxylation sites is 1. The highest BCUT2D eigenvalue weighted by molar-refractivity contribution is 14.0. The number of hydrogen-bond donors (Lipinski definition) is 3. The number of rotatable bonds is 5. The summed E-state index contributed by atoms with van der Waals surface area (Å²) in [6.07, 6.45) is 1.08. The molecule has 0 saturated carbocycles. The maximum absolute atomic E-state index is 5.83. The van der Waals surface area contributed by atoms with Crippen LogP contribution in [0.25, 0.3) is 11.0 Å². The molecule has 0 aliphatic heterocycles. The Bertz CT molecular complexity index is 603. The standard InChI is InChI=1S/C15H23N5.HI/c1-10(2)7-8-17-15(16)18-9-13-19-12-6-4-5-11(3)14(12)20-13;/h4-6,10H,7-9H2,1-3H3,(H,19,20)(H3,16,17,18);1H. The van der Waals surface area contributed by atoms with Gasteiger partial charge in [0.1, 0.15) is 12.4 Å². The summed E-state index contributed by atoms with van der Waals surface area (Å²) in [6.45, 7) is 7.75. The van der Waals surface area contributed by atoms with Gasteiger partial charge in [0.25, 0.3) is 0 Å². The van der Waals surface area contributed by atoms with Gasteiger partial charge in [-0.25, -0.2) is 9.98 Å². The number of nitrogens with one attached hydrogen (secondary N) is 2. The molecule has 21 heavy (non-hydrogen) atoms. The predicted molar refractivity (Wildman–Crippen MR) is 99.0 cm³/mol. The van der Waals surface area contributed by atoms with Gasteiger partial charge >= 0.3 is 0 Å². The van der Waals surface area contributed by atoms with Crippen LogP contribution in [0.5, 0.6) is 0 Å². The highest BCUT2D eigenvalue weighted by Gasteiger charge is 2.04. The Morgan fingerprint density at radius 3 is 2.86 bits per heavy atom. The Labute approximate surface area is 142 Å². The van der Waals surface area contributed by atoms with E-state index in [9.17, 15) is 0 Å². The molecule has 2 rings (SSSR count). The average Bonchev–Trinajstić information content (AvgIpc) is 2.80. The third kappa shape index (κ3) is 5.18. The van der Waals surface area contributed by atoms with Crippen LogP contribution in [0.15, 0.2) is 23.2 Å². The lowest BCUT2D eigenvalue weighted by Gasteiger charge is -2.06. The zero-order valence-electron chi connectivity index (χ0n) is 12.8. The Morgan fingerprint density at radius 1 is 1.43 bits per heavy atom. The topological polar surface area (TPSA) is 79.1 Å². The summed E-state index contributed by atoms with van der Waals surface area (Å²) in [6, 6.07) is 6.09. The van der Waals surface area contributed by atoms with E-state index in [2.05, 4.69) is 47.1 Å². The molecule has 0 spiro atoms. The summed E-state index contributed by atoms with van der Waals surface area (Å²) in [5.41, 5.74) is 9.04. The summed E-state index contributed by atoms with van der Waals surface area (Å²) in [5, 5.41) is 3.12. The van der Waals surface area contributed by atoms with Gasteiger partial charge < -0.3 is 16.0 Å². The molecule has 1 aromatic carbocycles. The largest absolute Gasteiger partial charge is 0.370 e. The van der Waals surface area contributed by atoms with Gasteiger partial charge in [-0.1, -0.05) is 26.0 Å². The number of halogens is 1. The summed E-state index contributed by atoms with van der Waals surface area (Å²) >= 11 is 0. The van der Waals surface area contributed by atoms with E-state index < -0.39 is 0 Å². The van der Waals surface area contributed by atoms with Crippen molar-refractivity contribution >= 4 is 41.0 Å². The van der Waals surface area contributed by atoms with Crippen molar-refractivity contribution in [3.05, 3.63) is 29.6 Å². The van der Waals surface area contributed by atoms with E-state index >= 15 is 0 Å². The Kier molecular flexibility index (Phi) is 6.94. The van der Waals surface area contributed by atoms with E-state index in [1.165, 1.54) is 0 Å². The number of H-pyrrole nitrogens is 1. The first-order chi connectivity index (χ1) is 9.56. The average molecular weight is 401 g/mol. The molecule has 0 unspecified atom stereocenters. The highest BCUT2D eigenvalue weighted by Crippen LogP contribution is 2.15. The minimum absolute atomic E-state index is 0. The smallest absolute Gasteiger partial charge is 0.189 e. The van der Waals surface area contributed by atoms with E-state index in [0.717, 1.165) is 35.4 Å². The number of nitrogens with two attached hydrogens (primary N) is 1. The number of nitrogens with zero attached hydrogens (tertiary/aromatic N) is 2. The van der Waals surface area contributed by atoms with Crippen molar-refractivity contribution in [2.24, 2.45) is 16.6 Å². The van der Waals surface area contributed by atoms with E-state index in [1.54, 1.807) is 0 Å². The molecule has 0 aliphatic rings. The number of aliphatic imine (C=N–C) groups is 1. The molecule has 116 valence electrons. The zero-order chi connectivity index (χ0) is 14.5. The minimum atomic E-state index is 0. The highest BCUT2D eigenvalue weighted by atomic mass is 127. The van der Waals surface area contributed by atoms with Crippen LogP contribution in [-0.2, 0) is 6.54 Å². The van der Waals surface area contributed by atoms with Gasteiger partial charge in [-0.15, -0.1) is 24.0 Å². The molecule has 0 bridgehead atoms. The quantitative estimate of drug-likeness (QED) is 0.410. The van der Waals surface area contributed by atoms with Crippen molar-refractivity contribution < 1.29 is 0 Å². The van der Waals surface area contributed by atoms with Gasteiger partial charge in [-0.05, 0) is 30.9 Å². The molecule has 0 saturated heterocycles. The number of imidazole rings is 1. The zero-order valence-corrected chi connectivity index (χ0v) is 15.1. The van der Waals surface area contributed by atoms with Crippen LogP contribution >= 0.6 is 24.0 Å². The first-order valence-corrected chi connectivity index (χ1v) is 7.04. The number of fused-ring (bicyclic) bond motifs is 1. The molecule has 1 aromatic heterocycles. The SMILES string of the molecule is Cc1cccc2[nH]c(CN=C(N)NCCC(C)C)nc12.I. The number of aromatic amines is 1. The number of hydrogen-bond acceptors (Lipinski definition) is 2. The van der Waals surface area contributed by atoms with Crippen molar-refractivity contribution in [1.82, 2.24) is 15.3 Å². The molecule has 1 heterocycles. The fourth-order valence-electron chi connectivity index (χ4n) is 2.01. The second-order valence-electron chi connectivity index (χ2n) is 5.47. The Hall–Kier alpha value is -1.31.